The van der Waals surface area contributed by atoms with E-state index in [-0.39, 0.29) is 11.4 Å². The summed E-state index contributed by atoms with van der Waals surface area (Å²) < 4.78 is 16.8. The van der Waals surface area contributed by atoms with E-state index in [2.05, 4.69) is 49.1 Å². The zero-order valence-corrected chi connectivity index (χ0v) is 17.8. The van der Waals surface area contributed by atoms with Gasteiger partial charge in [-0.15, -0.1) is 0 Å². The molecule has 1 spiro atoms. The van der Waals surface area contributed by atoms with Crippen molar-refractivity contribution in [3.63, 3.8) is 0 Å². The van der Waals surface area contributed by atoms with Crippen molar-refractivity contribution in [2.75, 3.05) is 22.9 Å². The molecule has 0 aliphatic carbocycles. The largest absolute Gasteiger partial charge is 0.364 e. The molecule has 2 aliphatic rings. The maximum Gasteiger partial charge on any atom is 0.226 e. The first-order chi connectivity index (χ1) is 15.6. The molecular weight excluding hydrogens is 403 g/mol. The van der Waals surface area contributed by atoms with Gasteiger partial charge in [0.2, 0.25) is 5.95 Å². The third-order valence-electron chi connectivity index (χ3n) is 6.71. The molecule has 2 aliphatic heterocycles. The summed E-state index contributed by atoms with van der Waals surface area (Å²) in [7, 11) is 1.86. The van der Waals surface area contributed by atoms with E-state index in [0.29, 0.717) is 12.1 Å². The van der Waals surface area contributed by atoms with Crippen molar-refractivity contribution in [1.29, 1.82) is 0 Å². The van der Waals surface area contributed by atoms with E-state index >= 15 is 4.39 Å². The van der Waals surface area contributed by atoms with Crippen molar-refractivity contribution in [2.24, 2.45) is 7.05 Å². The standard InChI is InChI=1S/C25H23FN6/c1-30-15-20(14-29-30)18-7-8-19(22(26)13-18)16-31-17-25(21-5-2-3-6-23(21)31)9-12-32(25)24-27-10-4-11-28-24/h2-8,10-11,13-15H,9,12,16-17H2,1H3. The van der Waals surface area contributed by atoms with E-state index in [1.165, 1.54) is 5.56 Å². The number of aryl methyl sites for hydroxylation is 1. The molecule has 6 nitrogen and oxygen atoms in total. The molecule has 2 aromatic heterocycles. The van der Waals surface area contributed by atoms with Gasteiger partial charge in [0.25, 0.3) is 0 Å². The number of aromatic nitrogens is 4. The van der Waals surface area contributed by atoms with Crippen molar-refractivity contribution in [1.82, 2.24) is 19.7 Å². The molecule has 160 valence electrons. The van der Waals surface area contributed by atoms with Crippen molar-refractivity contribution in [2.45, 2.75) is 18.5 Å². The molecule has 1 saturated heterocycles. The van der Waals surface area contributed by atoms with Crippen LogP contribution in [0.5, 0.6) is 0 Å². The van der Waals surface area contributed by atoms with E-state index < -0.39 is 0 Å². The molecule has 1 unspecified atom stereocenters. The Labute approximate surface area is 186 Å². The summed E-state index contributed by atoms with van der Waals surface area (Å²) in [5.41, 5.74) is 4.70. The smallest absolute Gasteiger partial charge is 0.226 e. The first kappa shape index (κ1) is 19.0. The Bertz CT molecular complexity index is 1290. The number of hydrogen-bond acceptors (Lipinski definition) is 5. The molecule has 0 amide bonds. The summed E-state index contributed by atoms with van der Waals surface area (Å²) in [6.45, 7) is 2.22. The molecule has 0 bridgehead atoms. The third-order valence-corrected chi connectivity index (χ3v) is 6.71. The fraction of sp³-hybridized carbons (Fsp3) is 0.240. The summed E-state index contributed by atoms with van der Waals surface area (Å²) in [4.78, 5) is 13.5. The predicted molar refractivity (Wildman–Crippen MR) is 122 cm³/mol. The molecular formula is C25H23FN6. The lowest BCUT2D eigenvalue weighted by atomic mass is 9.80. The van der Waals surface area contributed by atoms with Gasteiger partial charge in [0.05, 0.1) is 11.7 Å². The van der Waals surface area contributed by atoms with Gasteiger partial charge in [-0.3, -0.25) is 4.68 Å². The van der Waals surface area contributed by atoms with Crippen molar-refractivity contribution in [3.05, 3.63) is 90.3 Å². The number of benzene rings is 2. The second-order valence-electron chi connectivity index (χ2n) is 8.56. The average Bonchev–Trinajstić information content (AvgIpc) is 3.38. The SMILES string of the molecule is Cn1cc(-c2ccc(CN3CC4(CCN4c4ncccn4)c4ccccc43)c(F)c2)cn1. The average molecular weight is 426 g/mol. The molecule has 7 heteroatoms. The van der Waals surface area contributed by atoms with Crippen LogP contribution in [0.2, 0.25) is 0 Å². The van der Waals surface area contributed by atoms with Crippen LogP contribution in [0.1, 0.15) is 17.5 Å². The quantitative estimate of drug-likeness (QED) is 0.491. The van der Waals surface area contributed by atoms with Crippen LogP contribution < -0.4 is 9.80 Å². The van der Waals surface area contributed by atoms with E-state index in [1.807, 2.05) is 31.4 Å². The lowest BCUT2D eigenvalue weighted by Crippen LogP contribution is -2.60. The minimum atomic E-state index is -0.193. The number of halogens is 1. The van der Waals surface area contributed by atoms with Gasteiger partial charge in [-0.1, -0.05) is 30.3 Å². The monoisotopic (exact) mass is 426 g/mol. The van der Waals surface area contributed by atoms with Crippen LogP contribution in [0.25, 0.3) is 11.1 Å². The summed E-state index contributed by atoms with van der Waals surface area (Å²) in [5.74, 6) is 0.559. The fourth-order valence-electron chi connectivity index (χ4n) is 5.06. The first-order valence-corrected chi connectivity index (χ1v) is 10.8. The highest BCUT2D eigenvalue weighted by atomic mass is 19.1. The minimum absolute atomic E-state index is 0.163. The van der Waals surface area contributed by atoms with Crippen LogP contribution in [0, 0.1) is 5.82 Å². The summed E-state index contributed by atoms with van der Waals surface area (Å²) >= 11 is 0. The van der Waals surface area contributed by atoms with Gasteiger partial charge in [-0.2, -0.15) is 5.10 Å². The first-order valence-electron chi connectivity index (χ1n) is 10.8. The maximum atomic E-state index is 15.1. The van der Waals surface area contributed by atoms with Crippen LogP contribution in [-0.2, 0) is 19.1 Å². The molecule has 6 rings (SSSR count). The Kier molecular flexibility index (Phi) is 4.24. The number of nitrogens with zero attached hydrogens (tertiary/aromatic N) is 6. The molecule has 0 radical (unpaired) electrons. The zero-order valence-electron chi connectivity index (χ0n) is 17.8. The number of fused-ring (bicyclic) bond motifs is 2. The van der Waals surface area contributed by atoms with Crippen LogP contribution in [-0.4, -0.2) is 32.8 Å². The van der Waals surface area contributed by atoms with Gasteiger partial charge >= 0.3 is 0 Å². The lowest BCUT2D eigenvalue weighted by Gasteiger charge is -2.51. The summed E-state index contributed by atoms with van der Waals surface area (Å²) in [6, 6.07) is 15.8. The van der Waals surface area contributed by atoms with E-state index in [9.17, 15) is 0 Å². The highest BCUT2D eigenvalue weighted by Crippen LogP contribution is 2.51. The molecule has 1 fully saturated rings. The van der Waals surface area contributed by atoms with Crippen LogP contribution in [0.3, 0.4) is 0 Å². The number of hydrogen-bond donors (Lipinski definition) is 0. The van der Waals surface area contributed by atoms with Gasteiger partial charge in [0, 0.05) is 67.7 Å². The lowest BCUT2D eigenvalue weighted by molar-refractivity contribution is 0.292. The molecule has 4 aromatic rings. The number of anilines is 2. The maximum absolute atomic E-state index is 15.1. The molecule has 2 aromatic carbocycles. The number of rotatable bonds is 4. The van der Waals surface area contributed by atoms with Gasteiger partial charge in [-0.25, -0.2) is 14.4 Å². The topological polar surface area (TPSA) is 50.1 Å². The molecule has 0 N–H and O–H groups in total. The van der Waals surface area contributed by atoms with Gasteiger partial charge in [0.15, 0.2) is 0 Å². The van der Waals surface area contributed by atoms with Crippen molar-refractivity contribution >= 4 is 11.6 Å². The number of para-hydroxylation sites is 1. The molecule has 1 atom stereocenters. The second-order valence-corrected chi connectivity index (χ2v) is 8.56. The van der Waals surface area contributed by atoms with Crippen LogP contribution in [0.4, 0.5) is 16.0 Å². The Hall–Kier alpha value is -3.74. The zero-order chi connectivity index (χ0) is 21.7. The highest BCUT2D eigenvalue weighted by molar-refractivity contribution is 5.68. The third kappa shape index (κ3) is 2.88. The highest BCUT2D eigenvalue weighted by Gasteiger charge is 2.53. The Morgan fingerprint density at radius 3 is 2.59 bits per heavy atom. The van der Waals surface area contributed by atoms with Gasteiger partial charge < -0.3 is 9.80 Å². The summed E-state index contributed by atoms with van der Waals surface area (Å²) in [5, 5.41) is 4.19. The van der Waals surface area contributed by atoms with Crippen molar-refractivity contribution in [3.8, 4) is 11.1 Å². The Morgan fingerprint density at radius 1 is 1.03 bits per heavy atom. The van der Waals surface area contributed by atoms with E-state index in [1.54, 1.807) is 29.3 Å². The second kappa shape index (κ2) is 7.15. The summed E-state index contributed by atoms with van der Waals surface area (Å²) in [6.07, 6.45) is 8.25. The Balaban J connectivity index is 1.31. The van der Waals surface area contributed by atoms with E-state index in [0.717, 1.165) is 42.3 Å². The molecule has 4 heterocycles. The molecule has 0 saturated carbocycles. The predicted octanol–water partition coefficient (Wildman–Crippen LogP) is 4.14. The van der Waals surface area contributed by atoms with Crippen LogP contribution >= 0.6 is 0 Å². The normalized spacial score (nSPS) is 19.3. The van der Waals surface area contributed by atoms with Crippen LogP contribution in [0.15, 0.2) is 73.3 Å². The van der Waals surface area contributed by atoms with Gasteiger partial charge in [0.1, 0.15) is 5.82 Å². The Morgan fingerprint density at radius 2 is 1.88 bits per heavy atom. The van der Waals surface area contributed by atoms with E-state index in [4.69, 9.17) is 0 Å². The van der Waals surface area contributed by atoms with Crippen molar-refractivity contribution < 1.29 is 4.39 Å². The van der Waals surface area contributed by atoms with Gasteiger partial charge in [-0.05, 0) is 30.2 Å². The molecule has 32 heavy (non-hydrogen) atoms. The minimum Gasteiger partial charge on any atom is -0.364 e. The fourth-order valence-corrected chi connectivity index (χ4v) is 5.06.